The van der Waals surface area contributed by atoms with Gasteiger partial charge in [0.2, 0.25) is 11.8 Å². The van der Waals surface area contributed by atoms with Gasteiger partial charge in [-0.3, -0.25) is 14.5 Å². The smallest absolute Gasteiger partial charge is 0.233 e. The van der Waals surface area contributed by atoms with Gasteiger partial charge in [0.25, 0.3) is 0 Å². The van der Waals surface area contributed by atoms with Crippen molar-refractivity contribution in [3.63, 3.8) is 0 Å². The molecule has 2 N–H and O–H groups in total. The third kappa shape index (κ3) is 3.80. The van der Waals surface area contributed by atoms with Crippen LogP contribution in [0.25, 0.3) is 6.08 Å². The van der Waals surface area contributed by atoms with Crippen LogP contribution >= 0.6 is 0 Å². The second-order valence-corrected chi connectivity index (χ2v) is 9.42. The molecule has 4 rings (SSSR count). The van der Waals surface area contributed by atoms with Crippen LogP contribution in [0, 0.1) is 31.6 Å². The second-order valence-electron chi connectivity index (χ2n) is 9.42. The summed E-state index contributed by atoms with van der Waals surface area (Å²) < 4.78 is 6.15. The highest BCUT2D eigenvalue weighted by molar-refractivity contribution is 6.05. The van der Waals surface area contributed by atoms with Crippen molar-refractivity contribution in [2.45, 2.75) is 52.6 Å². The number of nitrogens with zero attached hydrogens (tertiary/aromatic N) is 1. The van der Waals surface area contributed by atoms with Crippen LogP contribution in [0.1, 0.15) is 49.3 Å². The number of likely N-dealkylation sites (tertiary alicyclic amines) is 1. The zero-order valence-electron chi connectivity index (χ0n) is 19.4. The highest BCUT2D eigenvalue weighted by Gasteiger charge is 2.55. The van der Waals surface area contributed by atoms with Gasteiger partial charge in [-0.2, -0.15) is 0 Å². The van der Waals surface area contributed by atoms with Gasteiger partial charge in [-0.25, -0.2) is 0 Å². The van der Waals surface area contributed by atoms with E-state index in [9.17, 15) is 19.8 Å². The Morgan fingerprint density at radius 1 is 1.19 bits per heavy atom. The number of aliphatic hydroxyl groups is 1. The topological polar surface area (TPSA) is 87.1 Å². The number of fused-ring (bicyclic) bond motifs is 3. The number of carbonyl (C=O) groups excluding carboxylic acids is 2. The van der Waals surface area contributed by atoms with Crippen LogP contribution in [0.3, 0.4) is 0 Å². The van der Waals surface area contributed by atoms with Gasteiger partial charge in [0.1, 0.15) is 5.75 Å². The number of rotatable bonds is 6. The lowest BCUT2D eigenvalue weighted by molar-refractivity contribution is -0.138. The largest absolute Gasteiger partial charge is 0.507 e. The Labute approximate surface area is 189 Å². The van der Waals surface area contributed by atoms with E-state index in [1.165, 1.54) is 10.5 Å². The molecule has 1 aromatic carbocycles. The van der Waals surface area contributed by atoms with Crippen LogP contribution in [-0.4, -0.2) is 53.3 Å². The molecule has 6 nitrogen and oxygen atoms in total. The Hall–Kier alpha value is -2.44. The molecular weight excluding hydrogens is 406 g/mol. The Morgan fingerprint density at radius 3 is 2.50 bits per heavy atom. The number of hydrogen-bond donors (Lipinski definition) is 2. The Bertz CT molecular complexity index is 984. The van der Waals surface area contributed by atoms with Crippen molar-refractivity contribution in [2.24, 2.45) is 17.8 Å². The van der Waals surface area contributed by atoms with Gasteiger partial charge < -0.3 is 14.9 Å². The molecule has 2 fully saturated rings. The number of amides is 2. The molecule has 2 amide bonds. The fourth-order valence-corrected chi connectivity index (χ4v) is 5.75. The molecule has 1 aromatic rings. The molecule has 3 aliphatic rings. The number of aryl methyl sites for hydroxylation is 2. The third-order valence-electron chi connectivity index (χ3n) is 7.49. The van der Waals surface area contributed by atoms with E-state index >= 15 is 0 Å². The molecule has 2 aliphatic heterocycles. The molecule has 4 atom stereocenters. The van der Waals surface area contributed by atoms with Crippen molar-refractivity contribution in [3.8, 4) is 5.75 Å². The number of aliphatic hydroxyl groups excluding tert-OH is 1. The van der Waals surface area contributed by atoms with E-state index in [4.69, 9.17) is 4.74 Å². The van der Waals surface area contributed by atoms with E-state index < -0.39 is 0 Å². The number of benzene rings is 1. The number of imide groups is 1. The van der Waals surface area contributed by atoms with Crippen molar-refractivity contribution >= 4 is 17.9 Å². The molecular formula is C26H33NO5. The summed E-state index contributed by atoms with van der Waals surface area (Å²) in [5, 5.41) is 20.1. The minimum Gasteiger partial charge on any atom is -0.507 e. The summed E-state index contributed by atoms with van der Waals surface area (Å²) in [4.78, 5) is 26.5. The van der Waals surface area contributed by atoms with E-state index in [0.29, 0.717) is 18.8 Å². The van der Waals surface area contributed by atoms with Crippen LogP contribution in [0.5, 0.6) is 5.75 Å². The summed E-state index contributed by atoms with van der Waals surface area (Å²) in [5.74, 6) is -0.737. The molecule has 2 heterocycles. The predicted octanol–water partition coefficient (Wildman–Crippen LogP) is 3.52. The van der Waals surface area contributed by atoms with Crippen LogP contribution < -0.4 is 0 Å². The fourth-order valence-electron chi connectivity index (χ4n) is 5.75. The molecule has 2 saturated heterocycles. The van der Waals surface area contributed by atoms with Crippen molar-refractivity contribution in [3.05, 3.63) is 45.5 Å². The summed E-state index contributed by atoms with van der Waals surface area (Å²) in [6.45, 7) is 6.28. The van der Waals surface area contributed by atoms with Crippen molar-refractivity contribution in [1.82, 2.24) is 4.90 Å². The maximum atomic E-state index is 12.7. The molecule has 0 bridgehead atoms. The van der Waals surface area contributed by atoms with Gasteiger partial charge in [-0.05, 0) is 79.5 Å². The summed E-state index contributed by atoms with van der Waals surface area (Å²) >= 11 is 0. The van der Waals surface area contributed by atoms with E-state index in [1.807, 2.05) is 26.0 Å². The van der Waals surface area contributed by atoms with Gasteiger partial charge >= 0.3 is 0 Å². The Morgan fingerprint density at radius 2 is 1.88 bits per heavy atom. The lowest BCUT2D eigenvalue weighted by Crippen LogP contribution is -2.34. The van der Waals surface area contributed by atoms with Gasteiger partial charge in [0.15, 0.2) is 0 Å². The quantitative estimate of drug-likeness (QED) is 0.523. The average molecular weight is 440 g/mol. The molecule has 32 heavy (non-hydrogen) atoms. The lowest BCUT2D eigenvalue weighted by Gasteiger charge is -2.31. The normalized spacial score (nSPS) is 27.9. The fraction of sp³-hybridized carbons (Fsp3) is 0.538. The average Bonchev–Trinajstić information content (AvgIpc) is 3.29. The SMILES string of the molecule is CC/C(=C\c1cc(C)c(O)c(C)c1)CC[C@H]1OC[C@H]2C1=C(CO)C[C@H]1C(=O)N(C)C(=O)[C@H]12. The molecule has 0 aromatic heterocycles. The first-order chi connectivity index (χ1) is 15.3. The monoisotopic (exact) mass is 439 g/mol. The van der Waals surface area contributed by atoms with Crippen molar-refractivity contribution < 1.29 is 24.5 Å². The number of phenols is 1. The minimum absolute atomic E-state index is 0.0946. The van der Waals surface area contributed by atoms with Crippen LogP contribution in [0.4, 0.5) is 0 Å². The maximum absolute atomic E-state index is 12.7. The third-order valence-corrected chi connectivity index (χ3v) is 7.49. The molecule has 172 valence electrons. The van der Waals surface area contributed by atoms with Gasteiger partial charge in [-0.1, -0.05) is 18.6 Å². The van der Waals surface area contributed by atoms with Crippen LogP contribution in [0.2, 0.25) is 0 Å². The zero-order valence-corrected chi connectivity index (χ0v) is 19.4. The highest BCUT2D eigenvalue weighted by Crippen LogP contribution is 2.49. The molecule has 0 radical (unpaired) electrons. The number of phenolic OH excluding ortho intramolecular Hbond substituents is 1. The van der Waals surface area contributed by atoms with E-state index in [1.54, 1.807) is 7.05 Å². The minimum atomic E-state index is -0.363. The first kappa shape index (κ1) is 22.7. The van der Waals surface area contributed by atoms with Gasteiger partial charge in [0.05, 0.1) is 31.2 Å². The van der Waals surface area contributed by atoms with Gasteiger partial charge in [-0.15, -0.1) is 0 Å². The van der Waals surface area contributed by atoms with Crippen LogP contribution in [0.15, 0.2) is 28.9 Å². The molecule has 6 heteroatoms. The molecule has 1 aliphatic carbocycles. The predicted molar refractivity (Wildman–Crippen MR) is 122 cm³/mol. The molecule has 0 unspecified atom stereocenters. The molecule has 0 saturated carbocycles. The first-order valence-electron chi connectivity index (χ1n) is 11.5. The van der Waals surface area contributed by atoms with Crippen LogP contribution in [-0.2, 0) is 14.3 Å². The lowest BCUT2D eigenvalue weighted by atomic mass is 9.69. The number of aromatic hydroxyl groups is 1. The second kappa shape index (κ2) is 8.83. The van der Waals surface area contributed by atoms with E-state index in [-0.39, 0.29) is 42.3 Å². The van der Waals surface area contributed by atoms with E-state index in [2.05, 4.69) is 13.0 Å². The first-order valence-corrected chi connectivity index (χ1v) is 11.5. The standard InChI is InChI=1S/C26H33NO5/c1-5-16(10-17-8-14(2)24(29)15(3)9-17)6-7-21-22-18(12-28)11-19-23(20(22)13-32-21)26(31)27(4)25(19)30/h8-10,19-21,23,28-29H,5-7,11-13H2,1-4H3/b16-10+/t19-,20+,21-,23-/m1/s1. The summed E-state index contributed by atoms with van der Waals surface area (Å²) in [7, 11) is 1.56. The summed E-state index contributed by atoms with van der Waals surface area (Å²) in [6.07, 6.45) is 5.03. The Balaban J connectivity index is 1.53. The van der Waals surface area contributed by atoms with Gasteiger partial charge in [0, 0.05) is 13.0 Å². The van der Waals surface area contributed by atoms with Crippen molar-refractivity contribution in [1.29, 1.82) is 0 Å². The zero-order chi connectivity index (χ0) is 23.2. The van der Waals surface area contributed by atoms with Crippen molar-refractivity contribution in [2.75, 3.05) is 20.3 Å². The van der Waals surface area contributed by atoms with E-state index in [0.717, 1.165) is 47.1 Å². The number of allylic oxidation sites excluding steroid dienone is 1. The highest BCUT2D eigenvalue weighted by atomic mass is 16.5. The molecule has 0 spiro atoms. The number of ether oxygens (including phenoxy) is 1. The summed E-state index contributed by atoms with van der Waals surface area (Å²) in [6, 6.07) is 3.99. The number of carbonyl (C=O) groups is 2. The maximum Gasteiger partial charge on any atom is 0.233 e. The Kier molecular flexibility index (Phi) is 6.28. The summed E-state index contributed by atoms with van der Waals surface area (Å²) in [5.41, 5.74) is 6.02. The number of hydrogen-bond acceptors (Lipinski definition) is 5.